The van der Waals surface area contributed by atoms with Gasteiger partial charge in [0, 0.05) is 0 Å². The van der Waals surface area contributed by atoms with Gasteiger partial charge in [0.25, 0.3) is 5.89 Å². The monoisotopic (exact) mass is 342 g/mol. The molecule has 0 aliphatic carbocycles. The van der Waals surface area contributed by atoms with Crippen molar-refractivity contribution in [3.8, 4) is 11.5 Å². The standard InChI is InChI=1S/C18H15ClN2O3/c1-11-7-8-13(9-12(11)2)18(22)23-10-16-20-21-17(24-16)14-5-3-4-6-15(14)19/h3-9H,10H2,1-2H3. The molecule has 0 bridgehead atoms. The number of aromatic nitrogens is 2. The van der Waals surface area contributed by atoms with Crippen molar-refractivity contribution in [1.29, 1.82) is 0 Å². The molecule has 122 valence electrons. The summed E-state index contributed by atoms with van der Waals surface area (Å²) in [5, 5.41) is 8.32. The number of esters is 1. The molecule has 24 heavy (non-hydrogen) atoms. The van der Waals surface area contributed by atoms with Crippen LogP contribution in [0.1, 0.15) is 27.4 Å². The van der Waals surface area contributed by atoms with E-state index in [4.69, 9.17) is 20.8 Å². The predicted octanol–water partition coefficient (Wildman–Crippen LogP) is 4.36. The topological polar surface area (TPSA) is 65.2 Å². The summed E-state index contributed by atoms with van der Waals surface area (Å²) in [6, 6.07) is 12.6. The third kappa shape index (κ3) is 3.46. The lowest BCUT2D eigenvalue weighted by Gasteiger charge is -2.05. The molecule has 3 rings (SSSR count). The summed E-state index contributed by atoms with van der Waals surface area (Å²) in [6.45, 7) is 3.84. The highest BCUT2D eigenvalue weighted by molar-refractivity contribution is 6.33. The van der Waals surface area contributed by atoms with Crippen molar-refractivity contribution in [2.75, 3.05) is 0 Å². The van der Waals surface area contributed by atoms with Crippen LogP contribution in [0.3, 0.4) is 0 Å². The van der Waals surface area contributed by atoms with Gasteiger partial charge in [-0.25, -0.2) is 4.79 Å². The molecule has 0 spiro atoms. The van der Waals surface area contributed by atoms with Crippen LogP contribution in [0.5, 0.6) is 0 Å². The molecule has 1 heterocycles. The van der Waals surface area contributed by atoms with Crippen molar-refractivity contribution in [1.82, 2.24) is 10.2 Å². The smallest absolute Gasteiger partial charge is 0.338 e. The van der Waals surface area contributed by atoms with E-state index in [0.717, 1.165) is 11.1 Å². The molecular weight excluding hydrogens is 328 g/mol. The van der Waals surface area contributed by atoms with E-state index in [-0.39, 0.29) is 18.4 Å². The highest BCUT2D eigenvalue weighted by Crippen LogP contribution is 2.26. The average Bonchev–Trinajstić information content (AvgIpc) is 3.04. The molecule has 0 aliphatic heterocycles. The number of nitrogens with zero attached hydrogens (tertiary/aromatic N) is 2. The van der Waals surface area contributed by atoms with Gasteiger partial charge in [-0.3, -0.25) is 0 Å². The molecule has 5 nitrogen and oxygen atoms in total. The van der Waals surface area contributed by atoms with E-state index >= 15 is 0 Å². The van der Waals surface area contributed by atoms with Gasteiger partial charge in [-0.15, -0.1) is 10.2 Å². The maximum Gasteiger partial charge on any atom is 0.338 e. The third-order valence-corrected chi connectivity index (χ3v) is 3.97. The lowest BCUT2D eigenvalue weighted by molar-refractivity contribution is 0.0438. The minimum Gasteiger partial charge on any atom is -0.452 e. The molecule has 0 saturated heterocycles. The van der Waals surface area contributed by atoms with E-state index in [2.05, 4.69) is 10.2 Å². The Morgan fingerprint density at radius 2 is 1.92 bits per heavy atom. The zero-order chi connectivity index (χ0) is 17.1. The molecule has 6 heteroatoms. The first kappa shape index (κ1) is 16.2. The van der Waals surface area contributed by atoms with E-state index in [1.165, 1.54) is 0 Å². The van der Waals surface area contributed by atoms with Crippen LogP contribution < -0.4 is 0 Å². The van der Waals surface area contributed by atoms with Gasteiger partial charge in [-0.2, -0.15) is 0 Å². The van der Waals surface area contributed by atoms with Gasteiger partial charge in [0.1, 0.15) is 0 Å². The van der Waals surface area contributed by atoms with Gasteiger partial charge in [0.05, 0.1) is 16.1 Å². The van der Waals surface area contributed by atoms with Gasteiger partial charge in [-0.1, -0.05) is 29.8 Å². The van der Waals surface area contributed by atoms with Gasteiger partial charge in [0.2, 0.25) is 5.89 Å². The Morgan fingerprint density at radius 3 is 2.67 bits per heavy atom. The molecule has 0 atom stereocenters. The Hall–Kier alpha value is -2.66. The number of aryl methyl sites for hydroxylation is 2. The summed E-state index contributed by atoms with van der Waals surface area (Å²) < 4.78 is 10.7. The lowest BCUT2D eigenvalue weighted by atomic mass is 10.1. The van der Waals surface area contributed by atoms with Crippen molar-refractivity contribution < 1.29 is 13.9 Å². The molecule has 0 fully saturated rings. The quantitative estimate of drug-likeness (QED) is 0.659. The van der Waals surface area contributed by atoms with Crippen LogP contribution in [-0.4, -0.2) is 16.2 Å². The van der Waals surface area contributed by atoms with Crippen LogP contribution in [0.2, 0.25) is 5.02 Å². The molecule has 0 saturated carbocycles. The van der Waals surface area contributed by atoms with Crippen LogP contribution in [0.15, 0.2) is 46.9 Å². The summed E-state index contributed by atoms with van der Waals surface area (Å²) in [5.74, 6) is 0.0653. The second-order valence-electron chi connectivity index (χ2n) is 5.36. The summed E-state index contributed by atoms with van der Waals surface area (Å²) in [5.41, 5.74) is 3.28. The van der Waals surface area contributed by atoms with Crippen molar-refractivity contribution in [3.05, 3.63) is 70.1 Å². The van der Waals surface area contributed by atoms with Crippen LogP contribution in [0.25, 0.3) is 11.5 Å². The Bertz CT molecular complexity index is 889. The van der Waals surface area contributed by atoms with Crippen LogP contribution in [0.4, 0.5) is 0 Å². The van der Waals surface area contributed by atoms with Gasteiger partial charge < -0.3 is 9.15 Å². The number of halogens is 1. The number of carbonyl (C=O) groups is 1. The number of carbonyl (C=O) groups excluding carboxylic acids is 1. The Kier molecular flexibility index (Phi) is 4.62. The van der Waals surface area contributed by atoms with E-state index in [1.807, 2.05) is 32.0 Å². The zero-order valence-corrected chi connectivity index (χ0v) is 14.0. The van der Waals surface area contributed by atoms with E-state index in [9.17, 15) is 4.79 Å². The lowest BCUT2D eigenvalue weighted by Crippen LogP contribution is -2.06. The Morgan fingerprint density at radius 1 is 1.12 bits per heavy atom. The molecular formula is C18H15ClN2O3. The maximum absolute atomic E-state index is 12.1. The molecule has 3 aromatic rings. The number of rotatable bonds is 4. The largest absolute Gasteiger partial charge is 0.452 e. The first-order valence-electron chi connectivity index (χ1n) is 7.36. The highest BCUT2D eigenvalue weighted by Gasteiger charge is 2.14. The molecule has 0 amide bonds. The van der Waals surface area contributed by atoms with Crippen molar-refractivity contribution in [3.63, 3.8) is 0 Å². The summed E-state index contributed by atoms with van der Waals surface area (Å²) in [7, 11) is 0. The van der Waals surface area contributed by atoms with Crippen LogP contribution in [0, 0.1) is 13.8 Å². The Balaban J connectivity index is 1.68. The number of hydrogen-bond acceptors (Lipinski definition) is 5. The second-order valence-corrected chi connectivity index (χ2v) is 5.76. The number of hydrogen-bond donors (Lipinski definition) is 0. The molecule has 0 N–H and O–H groups in total. The normalized spacial score (nSPS) is 10.6. The van der Waals surface area contributed by atoms with Crippen LogP contribution >= 0.6 is 11.6 Å². The average molecular weight is 343 g/mol. The molecule has 0 aliphatic rings. The molecule has 2 aromatic carbocycles. The second kappa shape index (κ2) is 6.84. The van der Waals surface area contributed by atoms with Crippen molar-refractivity contribution in [2.45, 2.75) is 20.5 Å². The van der Waals surface area contributed by atoms with E-state index in [0.29, 0.717) is 16.1 Å². The van der Waals surface area contributed by atoms with Gasteiger partial charge >= 0.3 is 5.97 Å². The highest BCUT2D eigenvalue weighted by atomic mass is 35.5. The summed E-state index contributed by atoms with van der Waals surface area (Å²) in [6.07, 6.45) is 0. The minimum absolute atomic E-state index is 0.0940. The Labute approximate surface area is 144 Å². The molecule has 1 aromatic heterocycles. The van der Waals surface area contributed by atoms with Crippen LogP contribution in [-0.2, 0) is 11.3 Å². The molecule has 0 radical (unpaired) electrons. The number of benzene rings is 2. The fourth-order valence-electron chi connectivity index (χ4n) is 2.13. The maximum atomic E-state index is 12.1. The van der Waals surface area contributed by atoms with Gasteiger partial charge in [-0.05, 0) is 49.2 Å². The third-order valence-electron chi connectivity index (χ3n) is 3.64. The van der Waals surface area contributed by atoms with E-state index < -0.39 is 5.97 Å². The number of ether oxygens (including phenoxy) is 1. The fourth-order valence-corrected chi connectivity index (χ4v) is 2.35. The SMILES string of the molecule is Cc1ccc(C(=O)OCc2nnc(-c3ccccc3Cl)o2)cc1C. The first-order chi connectivity index (χ1) is 11.5. The summed E-state index contributed by atoms with van der Waals surface area (Å²) >= 11 is 6.09. The minimum atomic E-state index is -0.435. The first-order valence-corrected chi connectivity index (χ1v) is 7.74. The zero-order valence-electron chi connectivity index (χ0n) is 13.2. The van der Waals surface area contributed by atoms with Gasteiger partial charge in [0.15, 0.2) is 6.61 Å². The fraction of sp³-hybridized carbons (Fsp3) is 0.167. The summed E-state index contributed by atoms with van der Waals surface area (Å²) in [4.78, 5) is 12.1. The van der Waals surface area contributed by atoms with Crippen molar-refractivity contribution in [2.24, 2.45) is 0 Å². The predicted molar refractivity (Wildman–Crippen MR) is 89.8 cm³/mol. The molecule has 0 unspecified atom stereocenters. The van der Waals surface area contributed by atoms with E-state index in [1.54, 1.807) is 24.3 Å². The van der Waals surface area contributed by atoms with Crippen molar-refractivity contribution >= 4 is 17.6 Å².